The molecular weight excluding hydrogens is 320 g/mol. The fourth-order valence-electron chi connectivity index (χ4n) is 2.93. The highest BCUT2D eigenvalue weighted by Crippen LogP contribution is 2.28. The molecular formula is C19H26N2O4. The van der Waals surface area contributed by atoms with E-state index >= 15 is 0 Å². The van der Waals surface area contributed by atoms with Crippen LogP contribution >= 0.6 is 0 Å². The highest BCUT2D eigenvalue weighted by Gasteiger charge is 2.26. The lowest BCUT2D eigenvalue weighted by Crippen LogP contribution is -2.44. The van der Waals surface area contributed by atoms with Gasteiger partial charge in [-0.05, 0) is 37.5 Å². The Balaban J connectivity index is 1.89. The van der Waals surface area contributed by atoms with Gasteiger partial charge in [0.15, 0.2) is 18.1 Å². The maximum absolute atomic E-state index is 12.3. The second-order valence-electron chi connectivity index (χ2n) is 5.97. The molecule has 1 aromatic rings. The van der Waals surface area contributed by atoms with Crippen molar-refractivity contribution in [3.63, 3.8) is 0 Å². The molecule has 1 aliphatic rings. The molecule has 0 bridgehead atoms. The first-order chi connectivity index (χ1) is 12.1. The fourth-order valence-corrected chi connectivity index (χ4v) is 2.93. The maximum Gasteiger partial charge on any atom is 0.260 e. The number of amides is 2. The van der Waals surface area contributed by atoms with Gasteiger partial charge in [0.05, 0.1) is 7.11 Å². The van der Waals surface area contributed by atoms with E-state index in [9.17, 15) is 9.59 Å². The van der Waals surface area contributed by atoms with Gasteiger partial charge in [-0.15, -0.1) is 0 Å². The van der Waals surface area contributed by atoms with Crippen molar-refractivity contribution in [1.82, 2.24) is 10.2 Å². The summed E-state index contributed by atoms with van der Waals surface area (Å²) >= 11 is 0. The SMILES string of the molecule is CC=Cc1ccc(OCC(=O)N2CCC(C(=O)NC)CC2)c(OC)c1. The Bertz CT molecular complexity index is 634. The molecule has 1 aliphatic heterocycles. The van der Waals surface area contributed by atoms with Crippen molar-refractivity contribution in [1.29, 1.82) is 0 Å². The van der Waals surface area contributed by atoms with E-state index in [1.807, 2.05) is 31.2 Å². The van der Waals surface area contributed by atoms with Gasteiger partial charge in [-0.1, -0.05) is 18.2 Å². The van der Waals surface area contributed by atoms with Gasteiger partial charge in [-0.2, -0.15) is 0 Å². The molecule has 0 aliphatic carbocycles. The lowest BCUT2D eigenvalue weighted by Gasteiger charge is -2.31. The molecule has 136 valence electrons. The number of nitrogens with zero attached hydrogens (tertiary/aromatic N) is 1. The Kier molecular flexibility index (Phi) is 6.86. The Labute approximate surface area is 148 Å². The molecule has 2 rings (SSSR count). The predicted molar refractivity (Wildman–Crippen MR) is 96.6 cm³/mol. The summed E-state index contributed by atoms with van der Waals surface area (Å²) in [4.78, 5) is 25.7. The van der Waals surface area contributed by atoms with Crippen LogP contribution in [0.2, 0.25) is 0 Å². The van der Waals surface area contributed by atoms with Gasteiger partial charge in [0.25, 0.3) is 5.91 Å². The molecule has 0 radical (unpaired) electrons. The summed E-state index contributed by atoms with van der Waals surface area (Å²) in [5.74, 6) is 1.12. The van der Waals surface area contributed by atoms with Crippen molar-refractivity contribution in [3.8, 4) is 11.5 Å². The fraction of sp³-hybridized carbons (Fsp3) is 0.474. The Morgan fingerprint density at radius 2 is 2.00 bits per heavy atom. The van der Waals surface area contributed by atoms with Crippen LogP contribution < -0.4 is 14.8 Å². The van der Waals surface area contributed by atoms with Crippen molar-refractivity contribution in [2.45, 2.75) is 19.8 Å². The first-order valence-electron chi connectivity index (χ1n) is 8.52. The number of allylic oxidation sites excluding steroid dienone is 1. The van der Waals surface area contributed by atoms with Gasteiger partial charge in [-0.25, -0.2) is 0 Å². The van der Waals surface area contributed by atoms with Gasteiger partial charge >= 0.3 is 0 Å². The molecule has 1 N–H and O–H groups in total. The van der Waals surface area contributed by atoms with Crippen LogP contribution in [-0.2, 0) is 9.59 Å². The molecule has 1 fully saturated rings. The standard InChI is InChI=1S/C19H26N2O4/c1-4-5-14-6-7-16(17(12-14)24-3)25-13-18(22)21-10-8-15(9-11-21)19(23)20-2/h4-7,12,15H,8-11,13H2,1-3H3,(H,20,23). The van der Waals surface area contributed by atoms with Gasteiger partial charge in [-0.3, -0.25) is 9.59 Å². The van der Waals surface area contributed by atoms with Crippen molar-refractivity contribution < 1.29 is 19.1 Å². The third-order valence-electron chi connectivity index (χ3n) is 4.36. The van der Waals surface area contributed by atoms with Crippen molar-refractivity contribution in [2.24, 2.45) is 5.92 Å². The van der Waals surface area contributed by atoms with E-state index in [0.29, 0.717) is 37.4 Å². The van der Waals surface area contributed by atoms with Crippen LogP contribution in [0.4, 0.5) is 0 Å². The minimum atomic E-state index is -0.0741. The van der Waals surface area contributed by atoms with Crippen molar-refractivity contribution in [2.75, 3.05) is 33.9 Å². The average Bonchev–Trinajstić information content (AvgIpc) is 2.66. The topological polar surface area (TPSA) is 67.9 Å². The second-order valence-corrected chi connectivity index (χ2v) is 5.97. The van der Waals surface area contributed by atoms with E-state index in [4.69, 9.17) is 9.47 Å². The van der Waals surface area contributed by atoms with Crippen molar-refractivity contribution in [3.05, 3.63) is 29.8 Å². The number of rotatable bonds is 6. The summed E-state index contributed by atoms with van der Waals surface area (Å²) in [7, 11) is 3.22. The molecule has 6 heteroatoms. The molecule has 0 atom stereocenters. The molecule has 1 aromatic carbocycles. The van der Waals surface area contributed by atoms with E-state index in [0.717, 1.165) is 5.56 Å². The summed E-state index contributed by atoms with van der Waals surface area (Å²) in [5.41, 5.74) is 1.01. The van der Waals surface area contributed by atoms with Crippen molar-refractivity contribution >= 4 is 17.9 Å². The summed E-state index contributed by atoms with van der Waals surface area (Å²) in [5, 5.41) is 2.67. The molecule has 25 heavy (non-hydrogen) atoms. The Morgan fingerprint density at radius 3 is 2.60 bits per heavy atom. The molecule has 2 amide bonds. The summed E-state index contributed by atoms with van der Waals surface area (Å²) < 4.78 is 11.0. The normalized spacial score (nSPS) is 15.2. The highest BCUT2D eigenvalue weighted by atomic mass is 16.5. The molecule has 0 unspecified atom stereocenters. The molecule has 6 nitrogen and oxygen atoms in total. The molecule has 1 saturated heterocycles. The van der Waals surface area contributed by atoms with E-state index in [2.05, 4.69) is 5.32 Å². The number of hydrogen-bond acceptors (Lipinski definition) is 4. The number of carbonyl (C=O) groups excluding carboxylic acids is 2. The summed E-state index contributed by atoms with van der Waals surface area (Å²) in [6, 6.07) is 5.59. The van der Waals surface area contributed by atoms with Crippen LogP contribution in [0.25, 0.3) is 6.08 Å². The van der Waals surface area contributed by atoms with Crippen LogP contribution in [0, 0.1) is 5.92 Å². The number of ether oxygens (including phenoxy) is 2. The third kappa shape index (κ3) is 4.98. The number of likely N-dealkylation sites (tertiary alicyclic amines) is 1. The zero-order valence-corrected chi connectivity index (χ0v) is 15.1. The van der Waals surface area contributed by atoms with Crippen LogP contribution in [0.5, 0.6) is 11.5 Å². The van der Waals surface area contributed by atoms with Gasteiger partial charge in [0.1, 0.15) is 0 Å². The number of carbonyl (C=O) groups is 2. The van der Waals surface area contributed by atoms with Gasteiger partial charge in [0.2, 0.25) is 5.91 Å². The zero-order valence-electron chi connectivity index (χ0n) is 15.1. The Morgan fingerprint density at radius 1 is 1.28 bits per heavy atom. The minimum absolute atomic E-state index is 0.00535. The monoisotopic (exact) mass is 346 g/mol. The molecule has 0 aromatic heterocycles. The van der Waals surface area contributed by atoms with E-state index in [1.54, 1.807) is 25.1 Å². The minimum Gasteiger partial charge on any atom is -0.493 e. The highest BCUT2D eigenvalue weighted by molar-refractivity contribution is 5.80. The van der Waals surface area contributed by atoms with Crippen LogP contribution in [0.3, 0.4) is 0 Å². The average molecular weight is 346 g/mol. The number of methoxy groups -OCH3 is 1. The zero-order chi connectivity index (χ0) is 18.2. The number of benzene rings is 1. The summed E-state index contributed by atoms with van der Waals surface area (Å²) in [6.45, 7) is 3.07. The second kappa shape index (κ2) is 9.11. The first kappa shape index (κ1) is 18.8. The number of piperidine rings is 1. The van der Waals surface area contributed by atoms with Gasteiger partial charge in [0, 0.05) is 26.1 Å². The molecule has 0 saturated carbocycles. The molecule has 1 heterocycles. The van der Waals surface area contributed by atoms with Crippen LogP contribution in [0.15, 0.2) is 24.3 Å². The third-order valence-corrected chi connectivity index (χ3v) is 4.36. The van der Waals surface area contributed by atoms with Crippen LogP contribution in [-0.4, -0.2) is 50.6 Å². The molecule has 0 spiro atoms. The smallest absolute Gasteiger partial charge is 0.260 e. The lowest BCUT2D eigenvalue weighted by molar-refractivity contribution is -0.137. The first-order valence-corrected chi connectivity index (χ1v) is 8.52. The summed E-state index contributed by atoms with van der Waals surface area (Å²) in [6.07, 6.45) is 5.29. The lowest BCUT2D eigenvalue weighted by atomic mass is 9.96. The van der Waals surface area contributed by atoms with E-state index in [1.165, 1.54) is 0 Å². The number of nitrogens with one attached hydrogen (secondary N) is 1. The predicted octanol–water partition coefficient (Wildman–Crippen LogP) is 2.09. The largest absolute Gasteiger partial charge is 0.493 e. The van der Waals surface area contributed by atoms with E-state index < -0.39 is 0 Å². The maximum atomic E-state index is 12.3. The Hall–Kier alpha value is -2.50. The van der Waals surface area contributed by atoms with Crippen LogP contribution in [0.1, 0.15) is 25.3 Å². The van der Waals surface area contributed by atoms with E-state index in [-0.39, 0.29) is 24.3 Å². The van der Waals surface area contributed by atoms with Gasteiger partial charge < -0.3 is 19.7 Å². The quantitative estimate of drug-likeness (QED) is 0.856. The number of hydrogen-bond donors (Lipinski definition) is 1.